The molecule has 5 heteroatoms. The SMILES string of the molecule is CCc1nc(C)c2nnc3ccc(F)cc3n12. The largest absolute Gasteiger partial charge is 0.277 e. The molecule has 4 nitrogen and oxygen atoms in total. The third kappa shape index (κ3) is 1.39. The Labute approximate surface area is 97.1 Å². The summed E-state index contributed by atoms with van der Waals surface area (Å²) in [4.78, 5) is 4.43. The number of nitrogens with zero attached hydrogens (tertiary/aromatic N) is 4. The molecule has 0 aliphatic rings. The highest BCUT2D eigenvalue weighted by Gasteiger charge is 2.12. The van der Waals surface area contributed by atoms with Gasteiger partial charge in [-0.2, -0.15) is 0 Å². The van der Waals surface area contributed by atoms with E-state index in [0.29, 0.717) is 16.7 Å². The van der Waals surface area contributed by atoms with Crippen molar-refractivity contribution < 1.29 is 4.39 Å². The van der Waals surface area contributed by atoms with Gasteiger partial charge >= 0.3 is 0 Å². The fourth-order valence-corrected chi connectivity index (χ4v) is 2.05. The van der Waals surface area contributed by atoms with Crippen LogP contribution >= 0.6 is 0 Å². The number of imidazole rings is 1. The molecule has 2 heterocycles. The molecule has 86 valence electrons. The van der Waals surface area contributed by atoms with E-state index in [1.165, 1.54) is 12.1 Å². The van der Waals surface area contributed by atoms with E-state index < -0.39 is 0 Å². The van der Waals surface area contributed by atoms with Crippen LogP contribution in [0.2, 0.25) is 0 Å². The predicted molar refractivity (Wildman–Crippen MR) is 62.4 cm³/mol. The normalized spacial score (nSPS) is 11.5. The molecule has 0 unspecified atom stereocenters. The minimum absolute atomic E-state index is 0.278. The second-order valence-electron chi connectivity index (χ2n) is 3.96. The molecule has 0 amide bonds. The Bertz CT molecular complexity index is 717. The molecule has 1 aromatic carbocycles. The number of aromatic nitrogens is 4. The molecule has 0 atom stereocenters. The maximum Gasteiger partial charge on any atom is 0.182 e. The molecule has 0 saturated carbocycles. The minimum Gasteiger partial charge on any atom is -0.277 e. The number of halogens is 1. The van der Waals surface area contributed by atoms with Crippen molar-refractivity contribution in [2.45, 2.75) is 20.3 Å². The summed E-state index contributed by atoms with van der Waals surface area (Å²) in [5.74, 6) is 0.600. The molecule has 0 spiro atoms. The predicted octanol–water partition coefficient (Wildman–Crippen LogP) is 2.29. The topological polar surface area (TPSA) is 43.1 Å². The Hall–Kier alpha value is -2.04. The highest BCUT2D eigenvalue weighted by molar-refractivity contribution is 5.77. The first-order chi connectivity index (χ1) is 8.20. The van der Waals surface area contributed by atoms with Crippen LogP contribution in [0.1, 0.15) is 18.4 Å². The lowest BCUT2D eigenvalue weighted by Crippen LogP contribution is -1.99. The lowest BCUT2D eigenvalue weighted by molar-refractivity contribution is 0.629. The van der Waals surface area contributed by atoms with Gasteiger partial charge < -0.3 is 0 Å². The zero-order valence-electron chi connectivity index (χ0n) is 9.61. The summed E-state index contributed by atoms with van der Waals surface area (Å²) in [6.07, 6.45) is 0.770. The lowest BCUT2D eigenvalue weighted by Gasteiger charge is -2.03. The molecule has 0 saturated heterocycles. The first-order valence-corrected chi connectivity index (χ1v) is 5.50. The molecule has 2 aromatic heterocycles. The van der Waals surface area contributed by atoms with Crippen molar-refractivity contribution in [3.63, 3.8) is 0 Å². The van der Waals surface area contributed by atoms with Crippen LogP contribution in [-0.2, 0) is 6.42 Å². The average Bonchev–Trinajstić information content (AvgIpc) is 2.66. The summed E-state index contributed by atoms with van der Waals surface area (Å²) >= 11 is 0. The third-order valence-corrected chi connectivity index (χ3v) is 2.84. The second kappa shape index (κ2) is 3.48. The molecule has 0 aliphatic carbocycles. The summed E-state index contributed by atoms with van der Waals surface area (Å²) < 4.78 is 15.2. The van der Waals surface area contributed by atoms with Crippen LogP contribution in [0.25, 0.3) is 16.7 Å². The highest BCUT2D eigenvalue weighted by Crippen LogP contribution is 2.18. The van der Waals surface area contributed by atoms with E-state index in [9.17, 15) is 4.39 Å². The van der Waals surface area contributed by atoms with Gasteiger partial charge in [0, 0.05) is 12.5 Å². The van der Waals surface area contributed by atoms with Crippen LogP contribution < -0.4 is 0 Å². The van der Waals surface area contributed by atoms with Crippen molar-refractivity contribution in [3.05, 3.63) is 35.5 Å². The van der Waals surface area contributed by atoms with E-state index >= 15 is 0 Å². The smallest absolute Gasteiger partial charge is 0.182 e. The monoisotopic (exact) mass is 230 g/mol. The number of rotatable bonds is 1. The molecule has 0 fully saturated rings. The van der Waals surface area contributed by atoms with E-state index in [4.69, 9.17) is 0 Å². The van der Waals surface area contributed by atoms with E-state index in [2.05, 4.69) is 15.2 Å². The lowest BCUT2D eigenvalue weighted by atomic mass is 10.3. The summed E-state index contributed by atoms with van der Waals surface area (Å²) in [7, 11) is 0. The molecule has 3 rings (SSSR count). The first-order valence-electron chi connectivity index (χ1n) is 5.50. The molecule has 0 aliphatic heterocycles. The van der Waals surface area contributed by atoms with Crippen LogP contribution in [-0.4, -0.2) is 19.6 Å². The van der Waals surface area contributed by atoms with Crippen LogP contribution in [0.15, 0.2) is 18.2 Å². The number of hydrogen-bond donors (Lipinski definition) is 0. The summed E-state index contributed by atoms with van der Waals surface area (Å²) in [5.41, 5.74) is 2.90. The van der Waals surface area contributed by atoms with Crippen LogP contribution in [0.3, 0.4) is 0 Å². The van der Waals surface area contributed by atoms with Crippen molar-refractivity contribution in [1.29, 1.82) is 0 Å². The minimum atomic E-state index is -0.278. The fourth-order valence-electron chi connectivity index (χ4n) is 2.05. The van der Waals surface area contributed by atoms with Crippen LogP contribution in [0.4, 0.5) is 4.39 Å². The standard InChI is InChI=1S/C12H11FN4/c1-3-11-14-7(2)12-16-15-9-5-4-8(13)6-10(9)17(11)12/h4-6H,3H2,1-2H3. The Morgan fingerprint density at radius 1 is 1.29 bits per heavy atom. The maximum absolute atomic E-state index is 13.3. The summed E-state index contributed by atoms with van der Waals surface area (Å²) in [6.45, 7) is 3.90. The quantitative estimate of drug-likeness (QED) is 0.644. The zero-order valence-corrected chi connectivity index (χ0v) is 9.61. The van der Waals surface area contributed by atoms with Gasteiger partial charge in [-0.3, -0.25) is 4.40 Å². The molecule has 0 radical (unpaired) electrons. The molecule has 3 aromatic rings. The molecule has 17 heavy (non-hydrogen) atoms. The van der Waals surface area contributed by atoms with E-state index in [0.717, 1.165) is 17.9 Å². The van der Waals surface area contributed by atoms with E-state index in [1.807, 2.05) is 18.2 Å². The average molecular weight is 230 g/mol. The zero-order chi connectivity index (χ0) is 12.0. The number of benzene rings is 1. The van der Waals surface area contributed by atoms with Crippen molar-refractivity contribution in [3.8, 4) is 0 Å². The summed E-state index contributed by atoms with van der Waals surface area (Å²) in [6, 6.07) is 4.49. The van der Waals surface area contributed by atoms with Crippen molar-refractivity contribution in [1.82, 2.24) is 19.6 Å². The van der Waals surface area contributed by atoms with Gasteiger partial charge in [-0.15, -0.1) is 10.2 Å². The van der Waals surface area contributed by atoms with Gasteiger partial charge in [0.1, 0.15) is 17.2 Å². The Morgan fingerprint density at radius 3 is 2.88 bits per heavy atom. The van der Waals surface area contributed by atoms with Gasteiger partial charge in [-0.25, -0.2) is 9.37 Å². The second-order valence-corrected chi connectivity index (χ2v) is 3.96. The fraction of sp³-hybridized carbons (Fsp3) is 0.250. The van der Waals surface area contributed by atoms with Gasteiger partial charge in [0.15, 0.2) is 5.65 Å². The highest BCUT2D eigenvalue weighted by atomic mass is 19.1. The van der Waals surface area contributed by atoms with Gasteiger partial charge in [0.05, 0.1) is 11.2 Å². The first kappa shape index (κ1) is 10.1. The van der Waals surface area contributed by atoms with Gasteiger partial charge in [0.25, 0.3) is 0 Å². The third-order valence-electron chi connectivity index (χ3n) is 2.84. The van der Waals surface area contributed by atoms with Gasteiger partial charge in [0.2, 0.25) is 0 Å². The number of fused-ring (bicyclic) bond motifs is 3. The molecular formula is C12H11FN4. The van der Waals surface area contributed by atoms with Gasteiger partial charge in [-0.1, -0.05) is 6.92 Å². The maximum atomic E-state index is 13.3. The molecule has 0 N–H and O–H groups in total. The Kier molecular flexibility index (Phi) is 2.07. The summed E-state index contributed by atoms with van der Waals surface area (Å²) in [5, 5.41) is 8.22. The van der Waals surface area contributed by atoms with Crippen molar-refractivity contribution >= 4 is 16.7 Å². The van der Waals surface area contributed by atoms with Gasteiger partial charge in [-0.05, 0) is 19.1 Å². The van der Waals surface area contributed by atoms with E-state index in [1.54, 1.807) is 6.07 Å². The number of hydrogen-bond acceptors (Lipinski definition) is 3. The number of aryl methyl sites for hydroxylation is 2. The molecular weight excluding hydrogens is 219 g/mol. The Balaban J connectivity index is 2.56. The Morgan fingerprint density at radius 2 is 2.12 bits per heavy atom. The van der Waals surface area contributed by atoms with E-state index in [-0.39, 0.29) is 5.82 Å². The molecule has 0 bridgehead atoms. The van der Waals surface area contributed by atoms with Crippen molar-refractivity contribution in [2.75, 3.05) is 0 Å². The van der Waals surface area contributed by atoms with Crippen molar-refractivity contribution in [2.24, 2.45) is 0 Å². The van der Waals surface area contributed by atoms with Crippen LogP contribution in [0, 0.1) is 12.7 Å². The van der Waals surface area contributed by atoms with Crippen LogP contribution in [0.5, 0.6) is 0 Å².